The molecule has 0 aliphatic heterocycles. The molecule has 0 aliphatic rings. The highest BCUT2D eigenvalue weighted by Gasteiger charge is 2.38. The average molecular weight is 524 g/mol. The second-order valence-corrected chi connectivity index (χ2v) is 11.0. The summed E-state index contributed by atoms with van der Waals surface area (Å²) in [6, 6.07) is 4.05. The van der Waals surface area contributed by atoms with Crippen LogP contribution in [0.1, 0.15) is 85.8 Å². The van der Waals surface area contributed by atoms with Crippen molar-refractivity contribution >= 4 is 30.5 Å². The Hall–Kier alpha value is -2.42. The maximum atomic E-state index is 14.0. The molecule has 0 radical (unpaired) electrons. The highest BCUT2D eigenvalue weighted by molar-refractivity contribution is 7.80. The molecule has 0 aromatic heterocycles. The minimum atomic E-state index is -1.01. The van der Waals surface area contributed by atoms with Crippen LogP contribution in [0.3, 0.4) is 0 Å². The Morgan fingerprint density at radius 1 is 1.14 bits per heavy atom. The maximum Gasteiger partial charge on any atom is 0.408 e. The van der Waals surface area contributed by atoms with E-state index in [4.69, 9.17) is 4.74 Å². The van der Waals surface area contributed by atoms with Crippen LogP contribution in [0.5, 0.6) is 5.75 Å². The van der Waals surface area contributed by atoms with Crippen LogP contribution in [-0.4, -0.2) is 57.9 Å². The lowest BCUT2D eigenvalue weighted by Crippen LogP contribution is -2.56. The van der Waals surface area contributed by atoms with Crippen LogP contribution in [0, 0.1) is 5.92 Å². The number of aromatic hydroxyl groups is 1. The van der Waals surface area contributed by atoms with Crippen molar-refractivity contribution in [1.82, 2.24) is 15.5 Å². The Morgan fingerprint density at radius 3 is 2.33 bits per heavy atom. The molecule has 3 unspecified atom stereocenters. The zero-order valence-corrected chi connectivity index (χ0v) is 23.7. The van der Waals surface area contributed by atoms with Crippen molar-refractivity contribution in [1.29, 1.82) is 0 Å². The Balaban J connectivity index is 3.47. The molecular formula is C27H45N3O5S. The van der Waals surface area contributed by atoms with Crippen LogP contribution >= 0.6 is 12.6 Å². The zero-order valence-electron chi connectivity index (χ0n) is 22.8. The summed E-state index contributed by atoms with van der Waals surface area (Å²) < 4.78 is 5.35. The largest absolute Gasteiger partial charge is 0.508 e. The van der Waals surface area contributed by atoms with Gasteiger partial charge in [0.1, 0.15) is 23.4 Å². The number of carbonyl (C=O) groups excluding carboxylic acids is 3. The molecule has 0 bridgehead atoms. The number of amides is 3. The van der Waals surface area contributed by atoms with Crippen molar-refractivity contribution in [3.05, 3.63) is 29.8 Å². The number of carbonyl (C=O) groups is 3. The Labute approximate surface area is 222 Å². The van der Waals surface area contributed by atoms with Gasteiger partial charge in [-0.15, -0.1) is 0 Å². The molecule has 0 fully saturated rings. The van der Waals surface area contributed by atoms with E-state index in [2.05, 4.69) is 37.1 Å². The van der Waals surface area contributed by atoms with Crippen molar-refractivity contribution in [2.75, 3.05) is 12.3 Å². The van der Waals surface area contributed by atoms with Crippen molar-refractivity contribution in [3.63, 3.8) is 0 Å². The first-order chi connectivity index (χ1) is 16.8. The van der Waals surface area contributed by atoms with Crippen molar-refractivity contribution in [2.45, 2.75) is 97.9 Å². The number of ether oxygens (including phenoxy) is 1. The van der Waals surface area contributed by atoms with E-state index < -0.39 is 29.7 Å². The van der Waals surface area contributed by atoms with Crippen molar-refractivity contribution < 1.29 is 24.2 Å². The molecular weight excluding hydrogens is 478 g/mol. The first kappa shape index (κ1) is 31.6. The lowest BCUT2D eigenvalue weighted by Gasteiger charge is -2.38. The number of benzene rings is 1. The summed E-state index contributed by atoms with van der Waals surface area (Å²) in [5, 5.41) is 15.7. The summed E-state index contributed by atoms with van der Waals surface area (Å²) in [5.41, 5.74) is -0.245. The number of hydrogen-bond donors (Lipinski definition) is 4. The quantitative estimate of drug-likeness (QED) is 0.219. The second kappa shape index (κ2) is 15.0. The van der Waals surface area contributed by atoms with E-state index in [0.29, 0.717) is 24.4 Å². The van der Waals surface area contributed by atoms with Crippen LogP contribution in [-0.2, 0) is 14.3 Å². The first-order valence-electron chi connectivity index (χ1n) is 12.8. The Kier molecular flexibility index (Phi) is 13.1. The van der Waals surface area contributed by atoms with Crippen LogP contribution in [0.25, 0.3) is 0 Å². The average Bonchev–Trinajstić information content (AvgIpc) is 2.77. The number of nitrogens with zero attached hydrogens (tertiary/aromatic N) is 1. The van der Waals surface area contributed by atoms with Crippen molar-refractivity contribution in [2.24, 2.45) is 5.92 Å². The maximum absolute atomic E-state index is 14.0. The molecule has 204 valence electrons. The van der Waals surface area contributed by atoms with Gasteiger partial charge in [-0.1, -0.05) is 39.3 Å². The Bertz CT molecular complexity index is 856. The Morgan fingerprint density at radius 2 is 1.81 bits per heavy atom. The van der Waals surface area contributed by atoms with E-state index in [1.165, 1.54) is 17.0 Å². The van der Waals surface area contributed by atoms with Gasteiger partial charge in [0.15, 0.2) is 0 Å². The van der Waals surface area contributed by atoms with Gasteiger partial charge in [-0.2, -0.15) is 12.6 Å². The van der Waals surface area contributed by atoms with Gasteiger partial charge in [0.2, 0.25) is 11.8 Å². The number of phenols is 1. The number of thiol groups is 1. The lowest BCUT2D eigenvalue weighted by atomic mass is 9.97. The molecule has 1 aromatic rings. The van der Waals surface area contributed by atoms with Crippen LogP contribution in [0.2, 0.25) is 0 Å². The fourth-order valence-corrected chi connectivity index (χ4v) is 3.99. The predicted octanol–water partition coefficient (Wildman–Crippen LogP) is 4.83. The van der Waals surface area contributed by atoms with Gasteiger partial charge >= 0.3 is 6.09 Å². The summed E-state index contributed by atoms with van der Waals surface area (Å²) in [7, 11) is 0. The molecule has 9 heteroatoms. The fraction of sp³-hybridized carbons (Fsp3) is 0.667. The SMILES string of the molecule is CCCCNC(=O)C(c1cccc(O)c1)N(C(=O)C(CS)NC(=O)OC(C)(C)C)C(C)CCC(C)C. The third-order valence-corrected chi connectivity index (χ3v) is 5.97. The summed E-state index contributed by atoms with van der Waals surface area (Å²) in [6.45, 7) is 13.8. The molecule has 0 saturated carbocycles. The van der Waals surface area contributed by atoms with Crippen LogP contribution < -0.4 is 10.6 Å². The molecule has 3 atom stereocenters. The lowest BCUT2D eigenvalue weighted by molar-refractivity contribution is -0.144. The van der Waals surface area contributed by atoms with E-state index in [0.717, 1.165) is 19.3 Å². The zero-order chi connectivity index (χ0) is 27.5. The number of alkyl carbamates (subject to hydrolysis) is 1. The molecule has 8 nitrogen and oxygen atoms in total. The second-order valence-electron chi connectivity index (χ2n) is 10.6. The predicted molar refractivity (Wildman–Crippen MR) is 146 cm³/mol. The summed E-state index contributed by atoms with van der Waals surface area (Å²) in [6.07, 6.45) is 2.49. The topological polar surface area (TPSA) is 108 Å². The minimum absolute atomic E-state index is 0.00119. The molecule has 3 N–H and O–H groups in total. The van der Waals surface area contributed by atoms with Gasteiger partial charge in [-0.25, -0.2) is 4.79 Å². The third kappa shape index (κ3) is 10.7. The van der Waals surface area contributed by atoms with Gasteiger partial charge in [0, 0.05) is 18.3 Å². The molecule has 3 amide bonds. The summed E-state index contributed by atoms with van der Waals surface area (Å²) >= 11 is 4.32. The van der Waals surface area contributed by atoms with E-state index in [1.54, 1.807) is 32.9 Å². The number of rotatable bonds is 13. The standard InChI is InChI=1S/C27H45N3O5S/c1-8-9-15-28-24(32)23(20-11-10-12-21(31)16-20)30(19(4)14-13-18(2)3)25(33)22(17-36)29-26(34)35-27(5,6)7/h10-12,16,18-19,22-23,31,36H,8-9,13-15,17H2,1-7H3,(H,28,32)(H,29,34). The number of nitrogens with one attached hydrogen (secondary N) is 2. The van der Waals surface area contributed by atoms with Gasteiger partial charge in [-0.3, -0.25) is 9.59 Å². The molecule has 1 rings (SSSR count). The minimum Gasteiger partial charge on any atom is -0.508 e. The van der Waals surface area contributed by atoms with Gasteiger partial charge in [-0.05, 0) is 70.6 Å². The van der Waals surface area contributed by atoms with Gasteiger partial charge in [0.05, 0.1) is 0 Å². The highest BCUT2D eigenvalue weighted by Crippen LogP contribution is 2.29. The van der Waals surface area contributed by atoms with E-state index in [9.17, 15) is 19.5 Å². The van der Waals surface area contributed by atoms with Crippen molar-refractivity contribution in [3.8, 4) is 5.75 Å². The van der Waals surface area contributed by atoms with Gasteiger partial charge < -0.3 is 25.4 Å². The monoisotopic (exact) mass is 523 g/mol. The smallest absolute Gasteiger partial charge is 0.408 e. The van der Waals surface area contributed by atoms with E-state index >= 15 is 0 Å². The molecule has 36 heavy (non-hydrogen) atoms. The number of phenolic OH excluding ortho intramolecular Hbond substituents is 1. The summed E-state index contributed by atoms with van der Waals surface area (Å²) in [4.78, 5) is 41.5. The molecule has 0 saturated heterocycles. The molecule has 0 heterocycles. The summed E-state index contributed by atoms with van der Waals surface area (Å²) in [5.74, 6) is -0.350. The number of unbranched alkanes of at least 4 members (excludes halogenated alkanes) is 1. The fourth-order valence-electron chi connectivity index (χ4n) is 3.75. The normalized spacial score (nSPS) is 14.0. The third-order valence-electron chi connectivity index (χ3n) is 5.60. The molecule has 0 spiro atoms. The van der Waals surface area contributed by atoms with Crippen LogP contribution in [0.4, 0.5) is 4.79 Å². The van der Waals surface area contributed by atoms with E-state index in [-0.39, 0.29) is 23.5 Å². The highest BCUT2D eigenvalue weighted by atomic mass is 32.1. The van der Waals surface area contributed by atoms with Gasteiger partial charge in [0.25, 0.3) is 0 Å². The van der Waals surface area contributed by atoms with Crippen LogP contribution in [0.15, 0.2) is 24.3 Å². The molecule has 0 aliphatic carbocycles. The number of hydrogen-bond acceptors (Lipinski definition) is 6. The van der Waals surface area contributed by atoms with E-state index in [1.807, 2.05) is 13.8 Å². The first-order valence-corrected chi connectivity index (χ1v) is 13.4. The molecule has 1 aromatic carbocycles.